The lowest BCUT2D eigenvalue weighted by atomic mass is 10.2. The van der Waals surface area contributed by atoms with Gasteiger partial charge in [0.2, 0.25) is 0 Å². The standard InChI is InChI=1S/C17H14F5N3O5S/c1-2-23-13-5-4-12(31(28,29)17(20,21)22)8-14(13)24-9-10-7-11(25(26)27)3-6-15(10)30-16(18)19/h3-9,16,23H,2H2,1H3. The third-order valence-electron chi connectivity index (χ3n) is 3.71. The van der Waals surface area contributed by atoms with Gasteiger partial charge in [-0.3, -0.25) is 15.1 Å². The van der Waals surface area contributed by atoms with Gasteiger partial charge >= 0.3 is 12.1 Å². The Labute approximate surface area is 172 Å². The zero-order valence-electron chi connectivity index (χ0n) is 15.6. The van der Waals surface area contributed by atoms with E-state index in [0.717, 1.165) is 36.5 Å². The van der Waals surface area contributed by atoms with Crippen LogP contribution in [-0.2, 0) is 9.84 Å². The van der Waals surface area contributed by atoms with Gasteiger partial charge in [-0.05, 0) is 31.2 Å². The van der Waals surface area contributed by atoms with E-state index in [1.807, 2.05) is 0 Å². The molecule has 0 aliphatic rings. The van der Waals surface area contributed by atoms with Crippen LogP contribution in [0.5, 0.6) is 5.75 Å². The molecule has 0 radical (unpaired) electrons. The minimum absolute atomic E-state index is 0.140. The van der Waals surface area contributed by atoms with Crippen molar-refractivity contribution < 1.29 is 40.0 Å². The lowest BCUT2D eigenvalue weighted by molar-refractivity contribution is -0.384. The SMILES string of the molecule is CCNc1ccc(S(=O)(=O)C(F)(F)F)cc1N=Cc1cc([N+](=O)[O-])ccc1OC(F)F. The predicted octanol–water partition coefficient (Wildman–Crippen LogP) is 4.67. The molecule has 2 rings (SSSR count). The summed E-state index contributed by atoms with van der Waals surface area (Å²) in [5.74, 6) is -0.478. The van der Waals surface area contributed by atoms with Gasteiger partial charge < -0.3 is 10.1 Å². The normalized spacial score (nSPS) is 12.4. The first kappa shape index (κ1) is 24.0. The average Bonchev–Trinajstić information content (AvgIpc) is 2.66. The molecule has 8 nitrogen and oxygen atoms in total. The van der Waals surface area contributed by atoms with Crippen molar-refractivity contribution in [2.24, 2.45) is 4.99 Å². The van der Waals surface area contributed by atoms with E-state index in [9.17, 15) is 40.5 Å². The monoisotopic (exact) mass is 467 g/mol. The van der Waals surface area contributed by atoms with Gasteiger partial charge in [0.1, 0.15) is 5.75 Å². The molecule has 0 saturated carbocycles. The van der Waals surface area contributed by atoms with Crippen molar-refractivity contribution in [3.63, 3.8) is 0 Å². The van der Waals surface area contributed by atoms with Crippen LogP contribution in [0.15, 0.2) is 46.3 Å². The molecule has 2 aromatic rings. The molecule has 31 heavy (non-hydrogen) atoms. The quantitative estimate of drug-likeness (QED) is 0.261. The first-order valence-electron chi connectivity index (χ1n) is 8.33. The third kappa shape index (κ3) is 5.65. The van der Waals surface area contributed by atoms with Gasteiger partial charge in [0, 0.05) is 30.5 Å². The second-order valence-corrected chi connectivity index (χ2v) is 7.72. The molecule has 0 fully saturated rings. The molecule has 1 N–H and O–H groups in total. The Morgan fingerprint density at radius 3 is 2.45 bits per heavy atom. The molecule has 0 bridgehead atoms. The third-order valence-corrected chi connectivity index (χ3v) is 5.20. The van der Waals surface area contributed by atoms with Crippen molar-refractivity contribution in [2.45, 2.75) is 23.9 Å². The van der Waals surface area contributed by atoms with Crippen molar-refractivity contribution >= 4 is 33.1 Å². The van der Waals surface area contributed by atoms with E-state index < -0.39 is 43.2 Å². The van der Waals surface area contributed by atoms with Crippen molar-refractivity contribution in [3.05, 3.63) is 52.1 Å². The molecule has 0 heterocycles. The number of benzene rings is 2. The molecule has 0 aliphatic heterocycles. The average molecular weight is 467 g/mol. The fourth-order valence-electron chi connectivity index (χ4n) is 2.35. The second-order valence-electron chi connectivity index (χ2n) is 5.77. The fourth-order valence-corrected chi connectivity index (χ4v) is 3.13. The fraction of sp³-hybridized carbons (Fsp3) is 0.235. The summed E-state index contributed by atoms with van der Waals surface area (Å²) in [5.41, 5.74) is -6.45. The molecule has 168 valence electrons. The first-order chi connectivity index (χ1) is 14.4. The van der Waals surface area contributed by atoms with Crippen LogP contribution >= 0.6 is 0 Å². The van der Waals surface area contributed by atoms with E-state index >= 15 is 0 Å². The van der Waals surface area contributed by atoms with E-state index in [0.29, 0.717) is 12.6 Å². The number of hydrogen-bond donors (Lipinski definition) is 1. The molecule has 0 amide bonds. The second kappa shape index (κ2) is 9.24. The molecule has 0 aliphatic carbocycles. The number of ether oxygens (including phenoxy) is 1. The highest BCUT2D eigenvalue weighted by Crippen LogP contribution is 2.35. The summed E-state index contributed by atoms with van der Waals surface area (Å²) in [4.78, 5) is 12.9. The van der Waals surface area contributed by atoms with Gasteiger partial charge in [0.25, 0.3) is 15.5 Å². The Balaban J connectivity index is 2.59. The molecule has 14 heteroatoms. The van der Waals surface area contributed by atoms with Crippen LogP contribution in [0, 0.1) is 10.1 Å². The number of sulfone groups is 1. The van der Waals surface area contributed by atoms with E-state index in [4.69, 9.17) is 0 Å². The van der Waals surface area contributed by atoms with Gasteiger partial charge in [-0.2, -0.15) is 22.0 Å². The summed E-state index contributed by atoms with van der Waals surface area (Å²) in [6.07, 6.45) is 0.838. The van der Waals surface area contributed by atoms with Crippen LogP contribution < -0.4 is 10.1 Å². The molecule has 0 spiro atoms. The van der Waals surface area contributed by atoms with Crippen molar-refractivity contribution in [3.8, 4) is 5.75 Å². The van der Waals surface area contributed by atoms with E-state index in [1.54, 1.807) is 6.92 Å². The predicted molar refractivity (Wildman–Crippen MR) is 101 cm³/mol. The Morgan fingerprint density at radius 1 is 1.23 bits per heavy atom. The molecule has 0 saturated heterocycles. The lowest BCUT2D eigenvalue weighted by Gasteiger charge is -2.12. The summed E-state index contributed by atoms with van der Waals surface area (Å²) < 4.78 is 91.4. The molecule has 0 unspecified atom stereocenters. The van der Waals surface area contributed by atoms with Crippen molar-refractivity contribution in [1.29, 1.82) is 0 Å². The number of nitro benzene ring substituents is 1. The Bertz CT molecular complexity index is 1100. The Hall–Kier alpha value is -3.29. The maximum absolute atomic E-state index is 12.9. The zero-order chi connectivity index (χ0) is 23.4. The highest BCUT2D eigenvalue weighted by Gasteiger charge is 2.47. The lowest BCUT2D eigenvalue weighted by Crippen LogP contribution is -2.23. The van der Waals surface area contributed by atoms with Crippen LogP contribution in [0.25, 0.3) is 0 Å². The summed E-state index contributed by atoms with van der Waals surface area (Å²) in [7, 11) is -5.67. The number of hydrogen-bond acceptors (Lipinski definition) is 7. The van der Waals surface area contributed by atoms with Crippen LogP contribution in [0.4, 0.5) is 39.0 Å². The highest BCUT2D eigenvalue weighted by molar-refractivity contribution is 7.92. The van der Waals surface area contributed by atoms with Crippen LogP contribution in [0.3, 0.4) is 0 Å². The number of nitrogens with zero attached hydrogens (tertiary/aromatic N) is 2. The largest absolute Gasteiger partial charge is 0.501 e. The number of aliphatic imine (C=N–C) groups is 1. The van der Waals surface area contributed by atoms with Crippen LogP contribution in [0.2, 0.25) is 0 Å². The number of non-ortho nitro benzene ring substituents is 1. The van der Waals surface area contributed by atoms with Crippen molar-refractivity contribution in [1.82, 2.24) is 0 Å². The van der Waals surface area contributed by atoms with E-state index in [-0.39, 0.29) is 16.9 Å². The minimum Gasteiger partial charge on any atom is -0.434 e. The minimum atomic E-state index is -5.67. The molecule has 0 atom stereocenters. The first-order valence-corrected chi connectivity index (χ1v) is 9.81. The number of anilines is 1. The smallest absolute Gasteiger partial charge is 0.434 e. The number of nitro groups is 1. The van der Waals surface area contributed by atoms with Gasteiger partial charge in [0.05, 0.1) is 21.2 Å². The molecule has 0 aromatic heterocycles. The maximum Gasteiger partial charge on any atom is 0.501 e. The number of halogens is 5. The number of rotatable bonds is 8. The molecular weight excluding hydrogens is 453 g/mol. The van der Waals surface area contributed by atoms with Gasteiger partial charge in [0.15, 0.2) is 0 Å². The molecule has 2 aromatic carbocycles. The maximum atomic E-state index is 12.9. The summed E-state index contributed by atoms with van der Waals surface area (Å²) in [5, 5.41) is 13.7. The number of alkyl halides is 5. The number of nitrogens with one attached hydrogen (secondary N) is 1. The van der Waals surface area contributed by atoms with Crippen LogP contribution in [-0.4, -0.2) is 38.2 Å². The summed E-state index contributed by atoms with van der Waals surface area (Å²) in [6, 6.07) is 5.11. The highest BCUT2D eigenvalue weighted by atomic mass is 32.2. The zero-order valence-corrected chi connectivity index (χ0v) is 16.4. The molecular formula is C17H14F5N3O5S. The Kier molecular flexibility index (Phi) is 7.15. The topological polar surface area (TPSA) is 111 Å². The van der Waals surface area contributed by atoms with Gasteiger partial charge in [-0.15, -0.1) is 0 Å². The Morgan fingerprint density at radius 2 is 1.90 bits per heavy atom. The van der Waals surface area contributed by atoms with Gasteiger partial charge in [-0.25, -0.2) is 8.42 Å². The van der Waals surface area contributed by atoms with Crippen molar-refractivity contribution in [2.75, 3.05) is 11.9 Å². The van der Waals surface area contributed by atoms with Crippen LogP contribution in [0.1, 0.15) is 12.5 Å². The van der Waals surface area contributed by atoms with E-state index in [1.165, 1.54) is 0 Å². The summed E-state index contributed by atoms with van der Waals surface area (Å²) >= 11 is 0. The summed E-state index contributed by atoms with van der Waals surface area (Å²) in [6.45, 7) is -1.31. The van der Waals surface area contributed by atoms with E-state index in [2.05, 4.69) is 15.0 Å². The van der Waals surface area contributed by atoms with Gasteiger partial charge in [-0.1, -0.05) is 0 Å².